The van der Waals surface area contributed by atoms with Crippen molar-refractivity contribution in [2.24, 2.45) is 0 Å². The van der Waals surface area contributed by atoms with Gasteiger partial charge < -0.3 is 10.2 Å². The van der Waals surface area contributed by atoms with Crippen molar-refractivity contribution in [1.29, 1.82) is 0 Å². The number of piperidine rings is 1. The molecule has 1 N–H and O–H groups in total. The van der Waals surface area contributed by atoms with Crippen LogP contribution >= 0.6 is 0 Å². The summed E-state index contributed by atoms with van der Waals surface area (Å²) < 4.78 is 0. The minimum atomic E-state index is 0.478. The summed E-state index contributed by atoms with van der Waals surface area (Å²) in [6.45, 7) is 11.5. The molecule has 0 bridgehead atoms. The lowest BCUT2D eigenvalue weighted by Crippen LogP contribution is -2.38. The van der Waals surface area contributed by atoms with Crippen LogP contribution in [0.15, 0.2) is 18.2 Å². The minimum absolute atomic E-state index is 0.478. The topological polar surface area (TPSA) is 15.3 Å². The lowest BCUT2D eigenvalue weighted by Gasteiger charge is -2.31. The second kappa shape index (κ2) is 7.80. The third-order valence-electron chi connectivity index (χ3n) is 4.18. The van der Waals surface area contributed by atoms with Crippen molar-refractivity contribution >= 4 is 0 Å². The molecule has 1 aromatic rings. The normalized spacial score (nSPS) is 18.1. The van der Waals surface area contributed by atoms with Crippen LogP contribution in [0.25, 0.3) is 0 Å². The van der Waals surface area contributed by atoms with Crippen LogP contribution in [0.1, 0.15) is 55.3 Å². The summed E-state index contributed by atoms with van der Waals surface area (Å²) in [6.07, 6.45) is 5.34. The summed E-state index contributed by atoms with van der Waals surface area (Å²) >= 11 is 0. The van der Waals surface area contributed by atoms with Crippen LogP contribution in [0.4, 0.5) is 0 Å². The third-order valence-corrected chi connectivity index (χ3v) is 4.18. The largest absolute Gasteiger partial charge is 0.309 e. The van der Waals surface area contributed by atoms with Crippen molar-refractivity contribution in [2.75, 3.05) is 26.2 Å². The Kier molecular flexibility index (Phi) is 6.06. The highest BCUT2D eigenvalue weighted by Crippen LogP contribution is 2.20. The number of nitrogens with zero attached hydrogens (tertiary/aromatic N) is 1. The predicted molar refractivity (Wildman–Crippen MR) is 87.2 cm³/mol. The fourth-order valence-electron chi connectivity index (χ4n) is 3.22. The molecular weight excluding hydrogens is 244 g/mol. The van der Waals surface area contributed by atoms with E-state index in [1.807, 2.05) is 0 Å². The maximum absolute atomic E-state index is 3.75. The molecule has 0 aliphatic carbocycles. The van der Waals surface area contributed by atoms with Gasteiger partial charge in [-0.15, -0.1) is 0 Å². The average Bonchev–Trinajstić information content (AvgIpc) is 2.43. The van der Waals surface area contributed by atoms with Crippen molar-refractivity contribution in [3.8, 4) is 0 Å². The smallest absolute Gasteiger partial charge is 0.0449 e. The second-order valence-corrected chi connectivity index (χ2v) is 6.29. The predicted octanol–water partition coefficient (Wildman–Crippen LogP) is 3.83. The average molecular weight is 274 g/mol. The monoisotopic (exact) mass is 274 g/mol. The maximum atomic E-state index is 3.75. The van der Waals surface area contributed by atoms with E-state index in [4.69, 9.17) is 0 Å². The van der Waals surface area contributed by atoms with Crippen LogP contribution in [0, 0.1) is 13.8 Å². The number of hydrogen-bond acceptors (Lipinski definition) is 2. The molecule has 0 radical (unpaired) electrons. The summed E-state index contributed by atoms with van der Waals surface area (Å²) in [5, 5.41) is 3.75. The molecule has 1 aliphatic heterocycles. The van der Waals surface area contributed by atoms with E-state index in [-0.39, 0.29) is 0 Å². The highest BCUT2D eigenvalue weighted by Gasteiger charge is 2.17. The molecule has 2 nitrogen and oxygen atoms in total. The molecule has 2 heteroatoms. The molecule has 1 heterocycles. The number of rotatable bonds is 6. The van der Waals surface area contributed by atoms with Gasteiger partial charge in [0.2, 0.25) is 0 Å². The first-order valence-electron chi connectivity index (χ1n) is 8.23. The Morgan fingerprint density at radius 2 is 1.70 bits per heavy atom. The van der Waals surface area contributed by atoms with E-state index in [1.54, 1.807) is 0 Å². The molecule has 1 atom stereocenters. The van der Waals surface area contributed by atoms with E-state index in [0.29, 0.717) is 6.04 Å². The van der Waals surface area contributed by atoms with Gasteiger partial charge in [0, 0.05) is 12.6 Å². The van der Waals surface area contributed by atoms with Crippen LogP contribution in [-0.4, -0.2) is 31.1 Å². The van der Waals surface area contributed by atoms with E-state index in [2.05, 4.69) is 49.2 Å². The highest BCUT2D eigenvalue weighted by atomic mass is 15.2. The van der Waals surface area contributed by atoms with Gasteiger partial charge in [-0.2, -0.15) is 0 Å². The Labute approximate surface area is 124 Å². The quantitative estimate of drug-likeness (QED) is 0.848. The van der Waals surface area contributed by atoms with E-state index in [1.165, 1.54) is 55.5 Å². The Morgan fingerprint density at radius 1 is 1.05 bits per heavy atom. The van der Waals surface area contributed by atoms with Gasteiger partial charge in [0.25, 0.3) is 0 Å². The third kappa shape index (κ3) is 4.60. The number of likely N-dealkylation sites (tertiary alicyclic amines) is 1. The summed E-state index contributed by atoms with van der Waals surface area (Å²) in [6, 6.07) is 7.45. The van der Waals surface area contributed by atoms with Gasteiger partial charge in [-0.1, -0.05) is 42.7 Å². The van der Waals surface area contributed by atoms with Crippen molar-refractivity contribution in [3.05, 3.63) is 34.9 Å². The lowest BCUT2D eigenvalue weighted by molar-refractivity contribution is 0.205. The first kappa shape index (κ1) is 15.5. The molecule has 1 aromatic carbocycles. The van der Waals surface area contributed by atoms with Crippen molar-refractivity contribution < 1.29 is 0 Å². The maximum Gasteiger partial charge on any atom is 0.0449 e. The van der Waals surface area contributed by atoms with Crippen LogP contribution in [-0.2, 0) is 0 Å². The van der Waals surface area contributed by atoms with E-state index < -0.39 is 0 Å². The Bertz CT molecular complexity index is 388. The van der Waals surface area contributed by atoms with Crippen molar-refractivity contribution in [1.82, 2.24) is 10.2 Å². The molecule has 1 aliphatic rings. The zero-order chi connectivity index (χ0) is 14.4. The van der Waals surface area contributed by atoms with Crippen LogP contribution < -0.4 is 5.32 Å². The van der Waals surface area contributed by atoms with Gasteiger partial charge in [-0.05, 0) is 58.3 Å². The standard InChI is InChI=1S/C18H30N2/c1-4-8-19-18(14-20-9-6-5-7-10-20)17-12-15(2)11-16(3)13-17/h11-13,18-19H,4-10,14H2,1-3H3. The molecule has 2 rings (SSSR count). The van der Waals surface area contributed by atoms with Crippen LogP contribution in [0.3, 0.4) is 0 Å². The summed E-state index contributed by atoms with van der Waals surface area (Å²) in [5.74, 6) is 0. The number of benzene rings is 1. The minimum Gasteiger partial charge on any atom is -0.309 e. The van der Waals surface area contributed by atoms with Gasteiger partial charge in [0.1, 0.15) is 0 Å². The molecule has 0 spiro atoms. The summed E-state index contributed by atoms with van der Waals surface area (Å²) in [5.41, 5.74) is 4.21. The zero-order valence-corrected chi connectivity index (χ0v) is 13.4. The van der Waals surface area contributed by atoms with Gasteiger partial charge in [-0.25, -0.2) is 0 Å². The lowest BCUT2D eigenvalue weighted by atomic mass is 10.00. The van der Waals surface area contributed by atoms with E-state index >= 15 is 0 Å². The molecule has 0 aromatic heterocycles. The second-order valence-electron chi connectivity index (χ2n) is 6.29. The fourth-order valence-corrected chi connectivity index (χ4v) is 3.22. The Morgan fingerprint density at radius 3 is 2.30 bits per heavy atom. The molecule has 0 amide bonds. The molecule has 1 saturated heterocycles. The van der Waals surface area contributed by atoms with Gasteiger partial charge in [0.15, 0.2) is 0 Å². The van der Waals surface area contributed by atoms with Crippen LogP contribution in [0.2, 0.25) is 0 Å². The van der Waals surface area contributed by atoms with Crippen molar-refractivity contribution in [3.63, 3.8) is 0 Å². The molecule has 112 valence electrons. The molecule has 20 heavy (non-hydrogen) atoms. The highest BCUT2D eigenvalue weighted by molar-refractivity contribution is 5.31. The van der Waals surface area contributed by atoms with E-state index in [0.717, 1.165) is 13.1 Å². The Balaban J connectivity index is 2.08. The molecule has 1 fully saturated rings. The summed E-state index contributed by atoms with van der Waals surface area (Å²) in [7, 11) is 0. The SMILES string of the molecule is CCCNC(CN1CCCCC1)c1cc(C)cc(C)c1. The van der Waals surface area contributed by atoms with Gasteiger partial charge >= 0.3 is 0 Å². The molecule has 0 saturated carbocycles. The first-order valence-corrected chi connectivity index (χ1v) is 8.23. The van der Waals surface area contributed by atoms with Crippen LogP contribution in [0.5, 0.6) is 0 Å². The Hall–Kier alpha value is -0.860. The zero-order valence-electron chi connectivity index (χ0n) is 13.4. The molecule has 1 unspecified atom stereocenters. The van der Waals surface area contributed by atoms with Gasteiger partial charge in [-0.3, -0.25) is 0 Å². The van der Waals surface area contributed by atoms with Crippen molar-refractivity contribution in [2.45, 2.75) is 52.5 Å². The van der Waals surface area contributed by atoms with E-state index in [9.17, 15) is 0 Å². The number of aryl methyl sites for hydroxylation is 2. The number of nitrogens with one attached hydrogen (secondary N) is 1. The first-order chi connectivity index (χ1) is 9.69. The van der Waals surface area contributed by atoms with Gasteiger partial charge in [0.05, 0.1) is 0 Å². The number of hydrogen-bond donors (Lipinski definition) is 1. The molecular formula is C18H30N2. The fraction of sp³-hybridized carbons (Fsp3) is 0.667. The summed E-state index contributed by atoms with van der Waals surface area (Å²) in [4.78, 5) is 2.63.